The quantitative estimate of drug-likeness (QED) is 0.223. The molecule has 1 aliphatic heterocycles. The van der Waals surface area contributed by atoms with Gasteiger partial charge in [-0.2, -0.15) is 37.0 Å². The van der Waals surface area contributed by atoms with Crippen LogP contribution in [-0.4, -0.2) is 26.9 Å². The molecule has 2 aliphatic rings. The second-order valence-electron chi connectivity index (χ2n) is 9.43. The first-order chi connectivity index (χ1) is 17.5. The van der Waals surface area contributed by atoms with Crippen molar-refractivity contribution in [1.82, 2.24) is 24.8 Å². The summed E-state index contributed by atoms with van der Waals surface area (Å²) in [6, 6.07) is 24.0. The average molecular weight is 665 g/mol. The first-order valence-corrected chi connectivity index (χ1v) is 11.9. The van der Waals surface area contributed by atoms with Crippen LogP contribution in [0.5, 0.6) is 0 Å². The van der Waals surface area contributed by atoms with Gasteiger partial charge in [-0.25, -0.2) is 0 Å². The van der Waals surface area contributed by atoms with Gasteiger partial charge in [-0.15, -0.1) is 5.69 Å². The molecule has 0 unspecified atom stereocenters. The van der Waals surface area contributed by atoms with Crippen LogP contribution in [0, 0.1) is 12.7 Å². The maximum absolute atomic E-state index is 4.68. The smallest absolute Gasteiger partial charge is 0.0803 e. The Balaban J connectivity index is 0.000000183. The molecule has 0 bridgehead atoms. The van der Waals surface area contributed by atoms with E-state index in [0.29, 0.717) is 11.5 Å². The van der Waals surface area contributed by atoms with Crippen molar-refractivity contribution in [2.24, 2.45) is 0 Å². The number of aromatic nitrogens is 4. The summed E-state index contributed by atoms with van der Waals surface area (Å²) in [6.45, 7) is 6.54. The van der Waals surface area contributed by atoms with Crippen LogP contribution in [0.25, 0.3) is 33.7 Å². The molecule has 37 heavy (non-hydrogen) atoms. The molecule has 0 saturated carbocycles. The minimum absolute atomic E-state index is 0. The van der Waals surface area contributed by atoms with Crippen molar-refractivity contribution in [2.45, 2.75) is 19.3 Å². The molecule has 2 aromatic heterocycles. The number of benzene rings is 3. The van der Waals surface area contributed by atoms with Gasteiger partial charge in [0.2, 0.25) is 0 Å². The SMILES string of the molecule is CC1(C)c2ccccc2-c2cc3nc(-c4cnccn4)[n-]c3cc21.CN1C=CN(c2[c-]cccc2)[CH-]1.[Pt]. The summed E-state index contributed by atoms with van der Waals surface area (Å²) in [5.74, 6) is 0.632. The van der Waals surface area contributed by atoms with E-state index < -0.39 is 0 Å². The number of hydrogen-bond acceptors (Lipinski definition) is 5. The number of imidazole rings is 1. The van der Waals surface area contributed by atoms with E-state index in [0.717, 1.165) is 16.7 Å². The summed E-state index contributed by atoms with van der Waals surface area (Å²) < 4.78 is 0. The van der Waals surface area contributed by atoms with Crippen molar-refractivity contribution < 1.29 is 21.1 Å². The molecule has 1 aliphatic carbocycles. The Hall–Kier alpha value is -3.76. The first-order valence-electron chi connectivity index (χ1n) is 11.9. The van der Waals surface area contributed by atoms with Crippen molar-refractivity contribution in [3.8, 4) is 22.6 Å². The topological polar surface area (TPSA) is 59.3 Å². The van der Waals surface area contributed by atoms with Gasteiger partial charge in [-0.3, -0.25) is 9.97 Å². The van der Waals surface area contributed by atoms with Gasteiger partial charge in [0, 0.05) is 38.9 Å². The van der Waals surface area contributed by atoms with Crippen molar-refractivity contribution in [2.75, 3.05) is 11.9 Å². The second kappa shape index (κ2) is 9.95. The minimum Gasteiger partial charge on any atom is -0.510 e. The molecule has 5 aromatic rings. The molecule has 6 nitrogen and oxygen atoms in total. The van der Waals surface area contributed by atoms with Gasteiger partial charge in [-0.1, -0.05) is 50.2 Å². The molecule has 0 amide bonds. The second-order valence-corrected chi connectivity index (χ2v) is 9.43. The third-order valence-corrected chi connectivity index (χ3v) is 6.66. The fraction of sp³-hybridized carbons (Fsp3) is 0.133. The summed E-state index contributed by atoms with van der Waals surface area (Å²) in [6.07, 6.45) is 9.02. The van der Waals surface area contributed by atoms with E-state index in [1.807, 2.05) is 60.2 Å². The maximum Gasteiger partial charge on any atom is 0.0803 e. The van der Waals surface area contributed by atoms with Gasteiger partial charge < -0.3 is 19.8 Å². The summed E-state index contributed by atoms with van der Waals surface area (Å²) in [7, 11) is 2.00. The summed E-state index contributed by atoms with van der Waals surface area (Å²) in [5.41, 5.74) is 8.79. The molecule has 7 rings (SSSR count). The van der Waals surface area contributed by atoms with Crippen LogP contribution >= 0.6 is 0 Å². The van der Waals surface area contributed by atoms with Crippen molar-refractivity contribution in [1.29, 1.82) is 0 Å². The van der Waals surface area contributed by atoms with Crippen LogP contribution < -0.4 is 9.88 Å². The monoisotopic (exact) mass is 664 g/mol. The molecule has 7 heteroatoms. The third kappa shape index (κ3) is 4.58. The standard InChI is InChI=1S/C20H15N4.C10H10N2.Pt/c1-20(2)14-6-4-3-5-12(14)13-9-16-17(10-15(13)20)24-19(23-16)18-11-21-7-8-22-18;1-11-7-8-12(9-11)10-5-3-2-4-6-10;/h3-11H,1-2H3;2-5,7-9H,1H3;/q-1;-2;. The zero-order chi connectivity index (χ0) is 24.7. The fourth-order valence-electron chi connectivity index (χ4n) is 4.82. The zero-order valence-electron chi connectivity index (χ0n) is 20.7. The molecular formula is C30H25N6Pt-3. The van der Waals surface area contributed by atoms with E-state index in [1.54, 1.807) is 18.6 Å². The molecule has 0 N–H and O–H groups in total. The van der Waals surface area contributed by atoms with E-state index in [1.165, 1.54) is 22.3 Å². The van der Waals surface area contributed by atoms with Gasteiger partial charge in [0.1, 0.15) is 0 Å². The Morgan fingerprint density at radius 2 is 1.78 bits per heavy atom. The first kappa shape index (κ1) is 24.9. The van der Waals surface area contributed by atoms with E-state index in [2.05, 4.69) is 76.2 Å². The van der Waals surface area contributed by atoms with Crippen LogP contribution in [0.3, 0.4) is 0 Å². The number of rotatable bonds is 2. The number of anilines is 1. The minimum atomic E-state index is -0.0220. The summed E-state index contributed by atoms with van der Waals surface area (Å²) >= 11 is 0. The number of para-hydroxylation sites is 1. The Morgan fingerprint density at radius 3 is 2.51 bits per heavy atom. The number of fused-ring (bicyclic) bond motifs is 4. The predicted octanol–water partition coefficient (Wildman–Crippen LogP) is 5.78. The average Bonchev–Trinajstić information content (AvgIpc) is 3.60. The Kier molecular flexibility index (Phi) is 6.70. The van der Waals surface area contributed by atoms with Gasteiger partial charge in [0.25, 0.3) is 0 Å². The Bertz CT molecular complexity index is 1560. The molecule has 3 heterocycles. The third-order valence-electron chi connectivity index (χ3n) is 6.66. The van der Waals surface area contributed by atoms with Gasteiger partial charge in [0.05, 0.1) is 11.9 Å². The van der Waals surface area contributed by atoms with E-state index in [-0.39, 0.29) is 26.5 Å². The number of nitrogens with zero attached hydrogens (tertiary/aromatic N) is 6. The van der Waals surface area contributed by atoms with E-state index >= 15 is 0 Å². The molecular weight excluding hydrogens is 639 g/mol. The van der Waals surface area contributed by atoms with Crippen LogP contribution in [0.1, 0.15) is 25.0 Å². The van der Waals surface area contributed by atoms with Crippen molar-refractivity contribution >= 4 is 16.7 Å². The molecule has 0 atom stereocenters. The molecule has 188 valence electrons. The van der Waals surface area contributed by atoms with Crippen LogP contribution in [0.2, 0.25) is 0 Å². The van der Waals surface area contributed by atoms with Crippen LogP contribution in [-0.2, 0) is 26.5 Å². The van der Waals surface area contributed by atoms with Gasteiger partial charge in [0.15, 0.2) is 0 Å². The van der Waals surface area contributed by atoms with Crippen LogP contribution in [0.4, 0.5) is 5.69 Å². The molecule has 0 spiro atoms. The van der Waals surface area contributed by atoms with E-state index in [4.69, 9.17) is 0 Å². The van der Waals surface area contributed by atoms with Crippen LogP contribution in [0.15, 0.2) is 91.7 Å². The van der Waals surface area contributed by atoms with E-state index in [9.17, 15) is 0 Å². The molecule has 0 radical (unpaired) electrons. The summed E-state index contributed by atoms with van der Waals surface area (Å²) in [5, 5.41) is 0. The van der Waals surface area contributed by atoms with Gasteiger partial charge >= 0.3 is 0 Å². The van der Waals surface area contributed by atoms with Gasteiger partial charge in [-0.05, 0) is 58.6 Å². The fourth-order valence-corrected chi connectivity index (χ4v) is 4.82. The zero-order valence-corrected chi connectivity index (χ0v) is 23.0. The normalized spacial score (nSPS) is 14.6. The molecule has 0 saturated heterocycles. The number of hydrogen-bond donors (Lipinski definition) is 0. The summed E-state index contributed by atoms with van der Waals surface area (Å²) in [4.78, 5) is 21.8. The molecule has 0 fully saturated rings. The predicted molar refractivity (Wildman–Crippen MR) is 143 cm³/mol. The van der Waals surface area contributed by atoms with Crippen molar-refractivity contribution in [3.63, 3.8) is 0 Å². The van der Waals surface area contributed by atoms with Crippen molar-refractivity contribution in [3.05, 3.63) is 116 Å². The largest absolute Gasteiger partial charge is 0.510 e. The Morgan fingerprint density at radius 1 is 0.946 bits per heavy atom. The molecule has 3 aromatic carbocycles. The maximum atomic E-state index is 4.68. The Labute approximate surface area is 231 Å².